The molecule has 0 bridgehead atoms. The molecule has 1 aromatic carbocycles. The summed E-state index contributed by atoms with van der Waals surface area (Å²) in [5.41, 5.74) is 0.633. The molecule has 0 aliphatic carbocycles. The van der Waals surface area contributed by atoms with Crippen molar-refractivity contribution in [3.8, 4) is 0 Å². The molecule has 80 valence electrons. The number of hydrogen-bond acceptors (Lipinski definition) is 2. The van der Waals surface area contributed by atoms with E-state index < -0.39 is 12.5 Å². The van der Waals surface area contributed by atoms with Crippen LogP contribution in [0.5, 0.6) is 0 Å². The molecule has 0 saturated carbocycles. The third-order valence-corrected chi connectivity index (χ3v) is 2.31. The van der Waals surface area contributed by atoms with E-state index in [4.69, 9.17) is 4.42 Å². The van der Waals surface area contributed by atoms with Gasteiger partial charge in [0.05, 0.1) is 0 Å². The maximum absolute atomic E-state index is 12.6. The number of alkyl halides is 2. The third-order valence-electron chi connectivity index (χ3n) is 2.31. The number of benzene rings is 1. The Labute approximate surface area is 85.9 Å². The van der Waals surface area contributed by atoms with Gasteiger partial charge in [0.1, 0.15) is 17.4 Å². The zero-order valence-corrected chi connectivity index (χ0v) is 8.21. The van der Waals surface area contributed by atoms with Crippen LogP contribution in [0.15, 0.2) is 34.7 Å². The molecule has 2 aromatic rings. The molecule has 15 heavy (non-hydrogen) atoms. The first-order valence-corrected chi connectivity index (χ1v) is 4.66. The van der Waals surface area contributed by atoms with Crippen molar-refractivity contribution in [3.63, 3.8) is 0 Å². The molecule has 0 amide bonds. The van der Waals surface area contributed by atoms with Gasteiger partial charge in [-0.1, -0.05) is 18.2 Å². The maximum atomic E-state index is 12.6. The molecule has 1 heterocycles. The van der Waals surface area contributed by atoms with E-state index in [9.17, 15) is 8.78 Å². The number of halogens is 2. The van der Waals surface area contributed by atoms with Crippen molar-refractivity contribution in [2.75, 3.05) is 7.05 Å². The van der Waals surface area contributed by atoms with E-state index in [1.54, 1.807) is 12.1 Å². The van der Waals surface area contributed by atoms with Gasteiger partial charge in [0.15, 0.2) is 0 Å². The molecule has 0 aliphatic heterocycles. The first-order valence-electron chi connectivity index (χ1n) is 4.66. The number of hydrogen-bond donors (Lipinski definition) is 1. The molecule has 1 unspecified atom stereocenters. The van der Waals surface area contributed by atoms with E-state index >= 15 is 0 Å². The van der Waals surface area contributed by atoms with Crippen molar-refractivity contribution in [2.24, 2.45) is 0 Å². The summed E-state index contributed by atoms with van der Waals surface area (Å²) in [5.74, 6) is 0.272. The Balaban J connectivity index is 2.43. The van der Waals surface area contributed by atoms with Crippen molar-refractivity contribution in [3.05, 3.63) is 36.1 Å². The van der Waals surface area contributed by atoms with E-state index in [0.29, 0.717) is 5.58 Å². The highest BCUT2D eigenvalue weighted by Crippen LogP contribution is 2.26. The highest BCUT2D eigenvalue weighted by Gasteiger charge is 2.23. The summed E-state index contributed by atoms with van der Waals surface area (Å²) in [7, 11) is 1.49. The Bertz CT molecular complexity index is 420. The Hall–Kier alpha value is -1.42. The van der Waals surface area contributed by atoms with Crippen LogP contribution in [-0.2, 0) is 0 Å². The Kier molecular flexibility index (Phi) is 2.68. The molecule has 2 nitrogen and oxygen atoms in total. The average molecular weight is 211 g/mol. The predicted octanol–water partition coefficient (Wildman–Crippen LogP) is 2.96. The number of nitrogens with one attached hydrogen (secondary N) is 1. The molecule has 4 heteroatoms. The summed E-state index contributed by atoms with van der Waals surface area (Å²) in [4.78, 5) is 0. The summed E-state index contributed by atoms with van der Waals surface area (Å²) in [6, 6.07) is 7.85. The molecular formula is C11H11F2NO. The Morgan fingerprint density at radius 3 is 2.60 bits per heavy atom. The summed E-state index contributed by atoms with van der Waals surface area (Å²) >= 11 is 0. The van der Waals surface area contributed by atoms with Crippen LogP contribution >= 0.6 is 0 Å². The van der Waals surface area contributed by atoms with E-state index in [-0.39, 0.29) is 5.76 Å². The van der Waals surface area contributed by atoms with E-state index in [1.165, 1.54) is 7.05 Å². The first-order chi connectivity index (χ1) is 7.22. The van der Waals surface area contributed by atoms with Crippen LogP contribution in [0.25, 0.3) is 11.0 Å². The zero-order chi connectivity index (χ0) is 10.8. The van der Waals surface area contributed by atoms with Gasteiger partial charge in [-0.05, 0) is 19.2 Å². The van der Waals surface area contributed by atoms with E-state index in [1.807, 2.05) is 18.2 Å². The zero-order valence-electron chi connectivity index (χ0n) is 8.21. The van der Waals surface area contributed by atoms with Gasteiger partial charge in [-0.15, -0.1) is 0 Å². The quantitative estimate of drug-likeness (QED) is 0.844. The second-order valence-electron chi connectivity index (χ2n) is 3.29. The molecule has 1 aromatic heterocycles. The molecular weight excluding hydrogens is 200 g/mol. The minimum Gasteiger partial charge on any atom is -0.459 e. The van der Waals surface area contributed by atoms with Crippen molar-refractivity contribution in [1.29, 1.82) is 0 Å². The average Bonchev–Trinajstić information content (AvgIpc) is 2.61. The van der Waals surface area contributed by atoms with Crippen LogP contribution in [0.1, 0.15) is 11.8 Å². The molecule has 2 rings (SSSR count). The third kappa shape index (κ3) is 1.85. The highest BCUT2D eigenvalue weighted by atomic mass is 19.3. The van der Waals surface area contributed by atoms with Gasteiger partial charge in [-0.25, -0.2) is 8.78 Å². The molecule has 0 saturated heterocycles. The maximum Gasteiger partial charge on any atom is 0.260 e. The van der Waals surface area contributed by atoms with Crippen molar-refractivity contribution >= 4 is 11.0 Å². The smallest absolute Gasteiger partial charge is 0.260 e. The lowest BCUT2D eigenvalue weighted by molar-refractivity contribution is 0.0928. The standard InChI is InChI=1S/C11H11F2NO/c1-14-10(11(12)13)9-6-7-4-2-3-5-8(7)15-9/h2-6,10-11,14H,1H3. The van der Waals surface area contributed by atoms with Gasteiger partial charge in [-0.2, -0.15) is 0 Å². The van der Waals surface area contributed by atoms with Gasteiger partial charge >= 0.3 is 0 Å². The molecule has 0 fully saturated rings. The fourth-order valence-corrected chi connectivity index (χ4v) is 1.55. The fourth-order valence-electron chi connectivity index (χ4n) is 1.55. The molecule has 0 radical (unpaired) electrons. The summed E-state index contributed by atoms with van der Waals surface area (Å²) in [6.45, 7) is 0. The number of furan rings is 1. The largest absolute Gasteiger partial charge is 0.459 e. The lowest BCUT2D eigenvalue weighted by Gasteiger charge is -2.11. The number of para-hydroxylation sites is 1. The molecule has 1 N–H and O–H groups in total. The lowest BCUT2D eigenvalue weighted by Crippen LogP contribution is -2.22. The van der Waals surface area contributed by atoms with Gasteiger partial charge < -0.3 is 9.73 Å². The number of fused-ring (bicyclic) bond motifs is 1. The lowest BCUT2D eigenvalue weighted by atomic mass is 10.2. The van der Waals surface area contributed by atoms with Gasteiger partial charge in [0, 0.05) is 5.39 Å². The van der Waals surface area contributed by atoms with Gasteiger partial charge in [0.2, 0.25) is 0 Å². The predicted molar refractivity (Wildman–Crippen MR) is 54.0 cm³/mol. The van der Waals surface area contributed by atoms with Crippen molar-refractivity contribution in [2.45, 2.75) is 12.5 Å². The van der Waals surface area contributed by atoms with Crippen molar-refractivity contribution < 1.29 is 13.2 Å². The minimum atomic E-state index is -2.48. The van der Waals surface area contributed by atoms with Crippen molar-refractivity contribution in [1.82, 2.24) is 5.32 Å². The number of rotatable bonds is 3. The van der Waals surface area contributed by atoms with Gasteiger partial charge in [0.25, 0.3) is 6.43 Å². The minimum absolute atomic E-state index is 0.272. The summed E-state index contributed by atoms with van der Waals surface area (Å²) < 4.78 is 30.5. The topological polar surface area (TPSA) is 25.2 Å². The van der Waals surface area contributed by atoms with Crippen LogP contribution in [0.4, 0.5) is 8.78 Å². The van der Waals surface area contributed by atoms with Crippen LogP contribution in [0.3, 0.4) is 0 Å². The van der Waals surface area contributed by atoms with Crippen LogP contribution in [-0.4, -0.2) is 13.5 Å². The SMILES string of the molecule is CNC(c1cc2ccccc2o1)C(F)F. The highest BCUT2D eigenvalue weighted by molar-refractivity contribution is 5.77. The second kappa shape index (κ2) is 3.98. The Morgan fingerprint density at radius 2 is 2.00 bits per heavy atom. The molecule has 1 atom stereocenters. The summed E-state index contributed by atoms with van der Waals surface area (Å²) in [6.07, 6.45) is -2.48. The van der Waals surface area contributed by atoms with E-state index in [0.717, 1.165) is 5.39 Å². The second-order valence-corrected chi connectivity index (χ2v) is 3.29. The van der Waals surface area contributed by atoms with Crippen LogP contribution in [0.2, 0.25) is 0 Å². The van der Waals surface area contributed by atoms with E-state index in [2.05, 4.69) is 5.32 Å². The molecule has 0 aliphatic rings. The monoisotopic (exact) mass is 211 g/mol. The normalized spacial score (nSPS) is 13.6. The first kappa shape index (κ1) is 10.1. The van der Waals surface area contributed by atoms with Gasteiger partial charge in [-0.3, -0.25) is 0 Å². The Morgan fingerprint density at radius 1 is 1.27 bits per heavy atom. The summed E-state index contributed by atoms with van der Waals surface area (Å²) in [5, 5.41) is 3.38. The van der Waals surface area contributed by atoms with Crippen LogP contribution in [0, 0.1) is 0 Å². The fraction of sp³-hybridized carbons (Fsp3) is 0.273. The van der Waals surface area contributed by atoms with Crippen LogP contribution < -0.4 is 5.32 Å². The molecule has 0 spiro atoms.